The first-order valence-electron chi connectivity index (χ1n) is 12.9. The van der Waals surface area contributed by atoms with Gasteiger partial charge in [0.05, 0.1) is 4.90 Å². The Morgan fingerprint density at radius 2 is 1.77 bits per heavy atom. The summed E-state index contributed by atoms with van der Waals surface area (Å²) in [6, 6.07) is 7.85. The zero-order valence-corrected chi connectivity index (χ0v) is 24.7. The van der Waals surface area contributed by atoms with Crippen molar-refractivity contribution in [1.29, 1.82) is 0 Å². The molecule has 2 atom stereocenters. The normalized spacial score (nSPS) is 17.0. The highest BCUT2D eigenvalue weighted by atomic mass is 35.5. The molecule has 0 bridgehead atoms. The van der Waals surface area contributed by atoms with E-state index < -0.39 is 39.7 Å². The van der Waals surface area contributed by atoms with Gasteiger partial charge in [0.15, 0.2) is 0 Å². The molecule has 0 unspecified atom stereocenters. The van der Waals surface area contributed by atoms with Crippen LogP contribution in [0, 0.1) is 0 Å². The summed E-state index contributed by atoms with van der Waals surface area (Å²) in [5.41, 5.74) is -0.636. The van der Waals surface area contributed by atoms with Gasteiger partial charge in [-0.1, -0.05) is 23.7 Å². The van der Waals surface area contributed by atoms with Gasteiger partial charge in [0, 0.05) is 30.7 Å². The van der Waals surface area contributed by atoms with Gasteiger partial charge in [-0.25, -0.2) is 13.2 Å². The maximum Gasteiger partial charge on any atom is 0.407 e. The number of nitrogens with one attached hydrogen (secondary N) is 2. The Kier molecular flexibility index (Phi) is 9.51. The van der Waals surface area contributed by atoms with Crippen molar-refractivity contribution < 1.29 is 27.5 Å². The van der Waals surface area contributed by atoms with Crippen LogP contribution in [0.1, 0.15) is 48.0 Å². The van der Waals surface area contributed by atoms with Gasteiger partial charge < -0.3 is 19.9 Å². The Morgan fingerprint density at radius 1 is 1.13 bits per heavy atom. The first kappa shape index (κ1) is 30.6. The molecule has 3 rings (SSSR count). The van der Waals surface area contributed by atoms with Gasteiger partial charge in [0.25, 0.3) is 0 Å². The lowest BCUT2D eigenvalue weighted by Crippen LogP contribution is -2.53. The van der Waals surface area contributed by atoms with Crippen LogP contribution in [0.15, 0.2) is 41.3 Å². The summed E-state index contributed by atoms with van der Waals surface area (Å²) in [5.74, 6) is -0.747. The van der Waals surface area contributed by atoms with E-state index in [1.807, 2.05) is 13.8 Å². The molecular weight excluding hydrogens is 544 g/mol. The van der Waals surface area contributed by atoms with Gasteiger partial charge in [-0.15, -0.1) is 0 Å². The van der Waals surface area contributed by atoms with Crippen molar-refractivity contribution in [2.75, 3.05) is 19.6 Å². The molecule has 0 aliphatic carbocycles. The fourth-order valence-corrected chi connectivity index (χ4v) is 5.84. The lowest BCUT2D eigenvalue weighted by Gasteiger charge is -2.33. The number of nitrogens with zero attached hydrogens (tertiary/aromatic N) is 2. The first-order chi connectivity index (χ1) is 18.1. The molecule has 12 heteroatoms. The summed E-state index contributed by atoms with van der Waals surface area (Å²) in [6.45, 7) is 11.2. The molecule has 1 aliphatic heterocycles. The Hall–Kier alpha value is -2.89. The quantitative estimate of drug-likeness (QED) is 0.467. The number of carbonyl (C=O) groups is 3. The molecule has 2 aromatic rings. The van der Waals surface area contributed by atoms with Crippen LogP contribution >= 0.6 is 11.6 Å². The van der Waals surface area contributed by atoms with E-state index in [0.29, 0.717) is 10.4 Å². The van der Waals surface area contributed by atoms with E-state index in [1.165, 1.54) is 17.0 Å². The Labute approximate surface area is 235 Å². The smallest absolute Gasteiger partial charge is 0.407 e. The highest BCUT2D eigenvalue weighted by molar-refractivity contribution is 7.89. The highest BCUT2D eigenvalue weighted by Crippen LogP contribution is 2.24. The van der Waals surface area contributed by atoms with Crippen LogP contribution in [0.5, 0.6) is 0 Å². The largest absolute Gasteiger partial charge is 0.444 e. The second kappa shape index (κ2) is 12.1. The molecular formula is C27H37ClN4O6S. The van der Waals surface area contributed by atoms with Crippen molar-refractivity contribution in [3.05, 3.63) is 41.4 Å². The molecule has 0 radical (unpaired) electrons. The lowest BCUT2D eigenvalue weighted by molar-refractivity contribution is -0.144. The molecule has 0 aromatic heterocycles. The molecule has 1 fully saturated rings. The number of rotatable bonds is 9. The Morgan fingerprint density at radius 3 is 2.41 bits per heavy atom. The number of likely N-dealkylation sites (tertiary alicyclic amines) is 1. The number of amides is 3. The van der Waals surface area contributed by atoms with Gasteiger partial charge in [-0.2, -0.15) is 4.72 Å². The molecule has 2 N–H and O–H groups in total. The van der Waals surface area contributed by atoms with Gasteiger partial charge in [0.1, 0.15) is 17.7 Å². The summed E-state index contributed by atoms with van der Waals surface area (Å²) in [7, 11) is -3.99. The fourth-order valence-electron chi connectivity index (χ4n) is 4.40. The van der Waals surface area contributed by atoms with Crippen molar-refractivity contribution in [2.45, 2.75) is 76.6 Å². The Balaban J connectivity index is 1.63. The molecule has 1 saturated heterocycles. The zero-order chi connectivity index (χ0) is 29.1. The average molecular weight is 581 g/mol. The molecule has 0 saturated carbocycles. The van der Waals surface area contributed by atoms with Crippen molar-refractivity contribution in [3.8, 4) is 0 Å². The number of benzene rings is 2. The topological polar surface area (TPSA) is 125 Å². The van der Waals surface area contributed by atoms with Crippen LogP contribution in [0.4, 0.5) is 4.79 Å². The van der Waals surface area contributed by atoms with Crippen molar-refractivity contribution in [1.82, 2.24) is 19.8 Å². The van der Waals surface area contributed by atoms with Gasteiger partial charge >= 0.3 is 6.09 Å². The number of hydrogen-bond donors (Lipinski definition) is 2. The van der Waals surface area contributed by atoms with Crippen LogP contribution in [-0.2, 0) is 24.3 Å². The van der Waals surface area contributed by atoms with E-state index in [-0.39, 0.29) is 42.9 Å². The minimum absolute atomic E-state index is 0.0381. The molecule has 1 aliphatic rings. The van der Waals surface area contributed by atoms with E-state index in [9.17, 15) is 22.8 Å². The number of fused-ring (bicyclic) bond motifs is 1. The summed E-state index contributed by atoms with van der Waals surface area (Å²) in [4.78, 5) is 41.5. The molecule has 39 heavy (non-hydrogen) atoms. The average Bonchev–Trinajstić information content (AvgIpc) is 3.18. The number of alkyl carbamates (subject to hydrolysis) is 1. The maximum absolute atomic E-state index is 13.3. The summed E-state index contributed by atoms with van der Waals surface area (Å²) in [5, 5.41) is 4.69. The predicted molar refractivity (Wildman–Crippen MR) is 150 cm³/mol. The number of carbonyl (C=O) groups excluding carboxylic acids is 3. The predicted octanol–water partition coefficient (Wildman–Crippen LogP) is 3.52. The SMILES string of the molecule is CC(C)N(CCNC(=O)OC(C)(C)C)C(=O)[C@H](C)N1CC[C@H](NS(=O)(=O)c2ccc3cc(Cl)ccc3c2)C1=O. The van der Waals surface area contributed by atoms with Crippen molar-refractivity contribution in [2.24, 2.45) is 0 Å². The lowest BCUT2D eigenvalue weighted by atomic mass is 10.1. The Bertz CT molecular complexity index is 1340. The molecule has 1 heterocycles. The van der Waals surface area contributed by atoms with Crippen LogP contribution < -0.4 is 10.0 Å². The van der Waals surface area contributed by atoms with Crippen molar-refractivity contribution in [3.63, 3.8) is 0 Å². The van der Waals surface area contributed by atoms with E-state index in [1.54, 1.807) is 56.9 Å². The van der Waals surface area contributed by atoms with Crippen LogP contribution in [0.2, 0.25) is 5.02 Å². The third-order valence-electron chi connectivity index (χ3n) is 6.37. The van der Waals surface area contributed by atoms with E-state index >= 15 is 0 Å². The van der Waals surface area contributed by atoms with E-state index in [0.717, 1.165) is 5.39 Å². The number of sulfonamides is 1. The first-order valence-corrected chi connectivity index (χ1v) is 14.7. The van der Waals surface area contributed by atoms with Crippen LogP contribution in [0.3, 0.4) is 0 Å². The summed E-state index contributed by atoms with van der Waals surface area (Å²) in [6.07, 6.45) is -0.340. The molecule has 0 spiro atoms. The summed E-state index contributed by atoms with van der Waals surface area (Å²) >= 11 is 6.01. The number of ether oxygens (including phenoxy) is 1. The zero-order valence-electron chi connectivity index (χ0n) is 23.2. The number of hydrogen-bond acceptors (Lipinski definition) is 6. The fraction of sp³-hybridized carbons (Fsp3) is 0.519. The minimum Gasteiger partial charge on any atom is -0.444 e. The second-order valence-corrected chi connectivity index (χ2v) is 13.0. The van der Waals surface area contributed by atoms with Crippen molar-refractivity contribution >= 4 is 50.3 Å². The highest BCUT2D eigenvalue weighted by Gasteiger charge is 2.40. The molecule has 10 nitrogen and oxygen atoms in total. The molecule has 2 aromatic carbocycles. The third kappa shape index (κ3) is 7.83. The maximum atomic E-state index is 13.3. The van der Waals surface area contributed by atoms with Crippen LogP contribution in [-0.4, -0.2) is 79.5 Å². The number of halogens is 1. The minimum atomic E-state index is -3.99. The standard InChI is InChI=1S/C27H37ClN4O6S/c1-17(2)31(14-12-29-26(35)38-27(4,5)6)24(33)18(3)32-13-11-23(25(32)34)30-39(36,37)22-10-8-19-15-21(28)9-7-20(19)16-22/h7-10,15-18,23,30H,11-14H2,1-6H3,(H,29,35)/t18-,23-/m0/s1. The molecule has 3 amide bonds. The monoisotopic (exact) mass is 580 g/mol. The van der Waals surface area contributed by atoms with E-state index in [4.69, 9.17) is 16.3 Å². The summed E-state index contributed by atoms with van der Waals surface area (Å²) < 4.78 is 33.9. The second-order valence-electron chi connectivity index (χ2n) is 10.9. The van der Waals surface area contributed by atoms with Crippen LogP contribution in [0.25, 0.3) is 10.8 Å². The van der Waals surface area contributed by atoms with Gasteiger partial charge in [-0.05, 0) is 83.0 Å². The van der Waals surface area contributed by atoms with E-state index in [2.05, 4.69) is 10.0 Å². The molecule has 214 valence electrons. The van der Waals surface area contributed by atoms with Gasteiger partial charge in [0.2, 0.25) is 21.8 Å². The van der Waals surface area contributed by atoms with Gasteiger partial charge in [-0.3, -0.25) is 9.59 Å². The third-order valence-corrected chi connectivity index (χ3v) is 8.08.